The molecule has 0 atom stereocenters. The molecule has 19 heavy (non-hydrogen) atoms. The van der Waals surface area contributed by atoms with Gasteiger partial charge in [-0.05, 0) is 32.1 Å². The lowest BCUT2D eigenvalue weighted by atomic mass is 10.1. The summed E-state index contributed by atoms with van der Waals surface area (Å²) >= 11 is 0. The third-order valence-corrected chi connectivity index (χ3v) is 3.48. The van der Waals surface area contributed by atoms with Gasteiger partial charge >= 0.3 is 5.97 Å². The Morgan fingerprint density at radius 3 is 2.89 bits per heavy atom. The van der Waals surface area contributed by atoms with Gasteiger partial charge in [0.2, 0.25) is 0 Å². The van der Waals surface area contributed by atoms with Crippen molar-refractivity contribution in [1.29, 1.82) is 0 Å². The van der Waals surface area contributed by atoms with E-state index < -0.39 is 5.97 Å². The predicted molar refractivity (Wildman–Crippen MR) is 73.3 cm³/mol. The molecule has 0 saturated carbocycles. The first-order valence-electron chi connectivity index (χ1n) is 7.06. The van der Waals surface area contributed by atoms with Gasteiger partial charge in [-0.15, -0.1) is 0 Å². The van der Waals surface area contributed by atoms with Gasteiger partial charge in [-0.25, -0.2) is 9.97 Å². The number of hydrogen-bond donors (Lipinski definition) is 2. The highest BCUT2D eigenvalue weighted by Gasteiger charge is 2.16. The average Bonchev–Trinajstić information content (AvgIpc) is 2.86. The van der Waals surface area contributed by atoms with Crippen LogP contribution < -0.4 is 5.32 Å². The number of carboxylic acids is 1. The maximum absolute atomic E-state index is 10.4. The fourth-order valence-electron chi connectivity index (χ4n) is 2.47. The minimum absolute atomic E-state index is 0.285. The van der Waals surface area contributed by atoms with Crippen LogP contribution in [0.4, 0.5) is 5.82 Å². The first-order chi connectivity index (χ1) is 9.27. The second kappa shape index (κ2) is 7.07. The molecule has 0 saturated heterocycles. The first-order valence-corrected chi connectivity index (χ1v) is 7.06. The van der Waals surface area contributed by atoms with E-state index >= 15 is 0 Å². The largest absolute Gasteiger partial charge is 0.481 e. The third kappa shape index (κ3) is 4.19. The van der Waals surface area contributed by atoms with Crippen molar-refractivity contribution in [3.63, 3.8) is 0 Å². The Morgan fingerprint density at radius 2 is 2.05 bits per heavy atom. The van der Waals surface area contributed by atoms with Crippen molar-refractivity contribution in [2.24, 2.45) is 0 Å². The summed E-state index contributed by atoms with van der Waals surface area (Å²) in [7, 11) is 0. The van der Waals surface area contributed by atoms with Gasteiger partial charge in [0.05, 0.1) is 0 Å². The molecule has 0 bridgehead atoms. The van der Waals surface area contributed by atoms with Gasteiger partial charge in [-0.3, -0.25) is 4.79 Å². The third-order valence-electron chi connectivity index (χ3n) is 3.48. The van der Waals surface area contributed by atoms with E-state index in [-0.39, 0.29) is 6.42 Å². The molecule has 0 aromatic carbocycles. The number of nitrogens with zero attached hydrogens (tertiary/aromatic N) is 2. The maximum Gasteiger partial charge on any atom is 0.303 e. The van der Waals surface area contributed by atoms with Gasteiger partial charge in [0.25, 0.3) is 0 Å². The molecular weight excluding hydrogens is 242 g/mol. The van der Waals surface area contributed by atoms with E-state index in [0.717, 1.165) is 50.9 Å². The van der Waals surface area contributed by atoms with Gasteiger partial charge in [0.15, 0.2) is 0 Å². The summed E-state index contributed by atoms with van der Waals surface area (Å²) in [5.41, 5.74) is 2.48. The molecule has 0 amide bonds. The summed E-state index contributed by atoms with van der Waals surface area (Å²) in [6.07, 6.45) is 9.13. The molecule has 0 radical (unpaired) electrons. The van der Waals surface area contributed by atoms with Crippen molar-refractivity contribution in [2.75, 3.05) is 11.9 Å². The Labute approximate surface area is 113 Å². The van der Waals surface area contributed by atoms with E-state index in [4.69, 9.17) is 5.11 Å². The fraction of sp³-hybridized carbons (Fsp3) is 0.643. The van der Waals surface area contributed by atoms with Crippen molar-refractivity contribution in [3.05, 3.63) is 17.6 Å². The predicted octanol–water partition coefficient (Wildman–Crippen LogP) is 2.41. The topological polar surface area (TPSA) is 75.1 Å². The normalized spacial score (nSPS) is 13.3. The number of hydrogen-bond acceptors (Lipinski definition) is 4. The van der Waals surface area contributed by atoms with E-state index in [1.807, 2.05) is 0 Å². The average molecular weight is 263 g/mol. The van der Waals surface area contributed by atoms with Crippen molar-refractivity contribution in [3.8, 4) is 0 Å². The van der Waals surface area contributed by atoms with Gasteiger partial charge in [0, 0.05) is 24.2 Å². The number of carboxylic acid groups (broad SMARTS) is 1. The highest BCUT2D eigenvalue weighted by Crippen LogP contribution is 2.24. The van der Waals surface area contributed by atoms with Crippen LogP contribution in [0.3, 0.4) is 0 Å². The molecule has 5 nitrogen and oxygen atoms in total. The number of unbranched alkanes of at least 4 members (excludes halogenated alkanes) is 3. The van der Waals surface area contributed by atoms with Gasteiger partial charge in [-0.1, -0.05) is 12.8 Å². The number of nitrogens with one attached hydrogen (secondary N) is 1. The standard InChI is InChI=1S/C14H21N3O2/c18-13(19)8-3-1-2-4-9-15-14-11-6-5-7-12(11)16-10-17-14/h10H,1-9H2,(H,18,19)(H,15,16,17). The number of aromatic nitrogens is 2. The van der Waals surface area contributed by atoms with Crippen molar-refractivity contribution in [1.82, 2.24) is 9.97 Å². The quantitative estimate of drug-likeness (QED) is 0.704. The molecule has 1 aliphatic rings. The molecular formula is C14H21N3O2. The number of anilines is 1. The van der Waals surface area contributed by atoms with Crippen LogP contribution in [0.2, 0.25) is 0 Å². The summed E-state index contributed by atoms with van der Waals surface area (Å²) < 4.78 is 0. The SMILES string of the molecule is O=C(O)CCCCCCNc1ncnc2c1CCC2. The first kappa shape index (κ1) is 13.8. The number of fused-ring (bicyclic) bond motifs is 1. The van der Waals surface area contributed by atoms with E-state index in [1.165, 1.54) is 17.7 Å². The smallest absolute Gasteiger partial charge is 0.303 e. The van der Waals surface area contributed by atoms with Crippen LogP contribution >= 0.6 is 0 Å². The Kier molecular flexibility index (Phi) is 5.12. The lowest BCUT2D eigenvalue weighted by molar-refractivity contribution is -0.137. The van der Waals surface area contributed by atoms with Crippen molar-refractivity contribution in [2.45, 2.75) is 51.4 Å². The minimum Gasteiger partial charge on any atom is -0.481 e. The number of rotatable bonds is 8. The van der Waals surface area contributed by atoms with E-state index in [1.54, 1.807) is 6.33 Å². The van der Waals surface area contributed by atoms with E-state index in [0.29, 0.717) is 0 Å². The molecule has 0 aliphatic heterocycles. The number of aliphatic carboxylic acids is 1. The van der Waals surface area contributed by atoms with Gasteiger partial charge in [0.1, 0.15) is 12.1 Å². The van der Waals surface area contributed by atoms with Gasteiger partial charge in [-0.2, -0.15) is 0 Å². The Hall–Kier alpha value is -1.65. The van der Waals surface area contributed by atoms with Crippen molar-refractivity contribution < 1.29 is 9.90 Å². The minimum atomic E-state index is -0.699. The second-order valence-corrected chi connectivity index (χ2v) is 4.99. The Bertz CT molecular complexity index is 435. The zero-order valence-corrected chi connectivity index (χ0v) is 11.2. The Morgan fingerprint density at radius 1 is 1.21 bits per heavy atom. The summed E-state index contributed by atoms with van der Waals surface area (Å²) in [5, 5.41) is 11.9. The summed E-state index contributed by atoms with van der Waals surface area (Å²) in [4.78, 5) is 19.0. The van der Waals surface area contributed by atoms with Crippen LogP contribution in [0.15, 0.2) is 6.33 Å². The summed E-state index contributed by atoms with van der Waals surface area (Å²) in [5.74, 6) is 0.294. The zero-order valence-electron chi connectivity index (χ0n) is 11.2. The molecule has 1 aliphatic carbocycles. The molecule has 2 N–H and O–H groups in total. The van der Waals surface area contributed by atoms with Crippen molar-refractivity contribution >= 4 is 11.8 Å². The highest BCUT2D eigenvalue weighted by molar-refractivity contribution is 5.66. The molecule has 5 heteroatoms. The van der Waals surface area contributed by atoms with Gasteiger partial charge < -0.3 is 10.4 Å². The van der Waals surface area contributed by atoms with Crippen LogP contribution in [0.1, 0.15) is 49.8 Å². The molecule has 1 aromatic heterocycles. The monoisotopic (exact) mass is 263 g/mol. The molecule has 0 fully saturated rings. The van der Waals surface area contributed by atoms with Crippen LogP contribution in [0.25, 0.3) is 0 Å². The maximum atomic E-state index is 10.4. The molecule has 0 spiro atoms. The molecule has 0 unspecified atom stereocenters. The lowest BCUT2D eigenvalue weighted by Gasteiger charge is -2.09. The highest BCUT2D eigenvalue weighted by atomic mass is 16.4. The second-order valence-electron chi connectivity index (χ2n) is 4.99. The molecule has 1 aromatic rings. The summed E-state index contributed by atoms with van der Waals surface area (Å²) in [6.45, 7) is 0.899. The van der Waals surface area contributed by atoms with Crippen LogP contribution in [0.5, 0.6) is 0 Å². The molecule has 104 valence electrons. The van der Waals surface area contributed by atoms with Crippen LogP contribution in [0, 0.1) is 0 Å². The lowest BCUT2D eigenvalue weighted by Crippen LogP contribution is -2.07. The zero-order chi connectivity index (χ0) is 13.5. The molecule has 2 rings (SSSR count). The fourth-order valence-corrected chi connectivity index (χ4v) is 2.47. The number of aryl methyl sites for hydroxylation is 1. The Balaban J connectivity index is 1.64. The number of carbonyl (C=O) groups is 1. The summed E-state index contributed by atoms with van der Waals surface area (Å²) in [6, 6.07) is 0. The van der Waals surface area contributed by atoms with E-state index in [9.17, 15) is 4.79 Å². The van der Waals surface area contributed by atoms with E-state index in [2.05, 4.69) is 15.3 Å². The van der Waals surface area contributed by atoms with Crippen LogP contribution in [-0.4, -0.2) is 27.6 Å². The van der Waals surface area contributed by atoms with Crippen LogP contribution in [-0.2, 0) is 17.6 Å². The molecule has 1 heterocycles.